The first-order chi connectivity index (χ1) is 6.60. The molecule has 1 aromatic heterocycles. The third kappa shape index (κ3) is 1.83. The number of carbonyl (C=O) groups is 1. The number of amides is 1. The van der Waals surface area contributed by atoms with Gasteiger partial charge in [-0.25, -0.2) is 9.97 Å². The predicted octanol–water partition coefficient (Wildman–Crippen LogP) is 0.560. The summed E-state index contributed by atoms with van der Waals surface area (Å²) in [6.45, 7) is 0. The van der Waals surface area contributed by atoms with Gasteiger partial charge < -0.3 is 11.1 Å². The first kappa shape index (κ1) is 9.36. The molecule has 2 rings (SSSR count). The summed E-state index contributed by atoms with van der Waals surface area (Å²) in [6.07, 6.45) is 2.91. The van der Waals surface area contributed by atoms with Crippen LogP contribution >= 0.6 is 11.6 Å². The molecule has 74 valence electrons. The van der Waals surface area contributed by atoms with E-state index in [1.54, 1.807) is 6.07 Å². The molecule has 1 aliphatic carbocycles. The normalized spacial score (nSPS) is 17.6. The highest BCUT2D eigenvalue weighted by Crippen LogP contribution is 2.33. The van der Waals surface area contributed by atoms with Gasteiger partial charge in [0, 0.05) is 6.20 Å². The van der Waals surface area contributed by atoms with Crippen molar-refractivity contribution in [2.75, 3.05) is 5.32 Å². The molecule has 1 saturated carbocycles. The van der Waals surface area contributed by atoms with E-state index >= 15 is 0 Å². The number of carbonyl (C=O) groups excluding carboxylic acids is 1. The van der Waals surface area contributed by atoms with E-state index in [1.807, 2.05) is 0 Å². The smallest absolute Gasteiger partial charge is 0.245 e. The molecule has 0 unspecified atom stereocenters. The van der Waals surface area contributed by atoms with Crippen LogP contribution < -0.4 is 11.1 Å². The zero-order valence-electron chi connectivity index (χ0n) is 7.33. The molecule has 1 aliphatic rings. The van der Waals surface area contributed by atoms with Crippen molar-refractivity contribution in [1.82, 2.24) is 9.97 Å². The second kappa shape index (κ2) is 3.18. The maximum atomic E-state index is 11.5. The lowest BCUT2D eigenvalue weighted by Gasteiger charge is -2.08. The second-order valence-corrected chi connectivity index (χ2v) is 3.66. The summed E-state index contributed by atoms with van der Waals surface area (Å²) in [7, 11) is 0. The first-order valence-corrected chi connectivity index (χ1v) is 4.57. The van der Waals surface area contributed by atoms with E-state index in [2.05, 4.69) is 15.3 Å². The van der Waals surface area contributed by atoms with E-state index in [0.29, 0.717) is 5.82 Å². The summed E-state index contributed by atoms with van der Waals surface area (Å²) in [5.74, 6) is 0.166. The monoisotopic (exact) mass is 212 g/mol. The Morgan fingerprint density at radius 1 is 1.64 bits per heavy atom. The van der Waals surface area contributed by atoms with Gasteiger partial charge in [-0.05, 0) is 30.5 Å². The topological polar surface area (TPSA) is 80.9 Å². The molecule has 1 aromatic rings. The summed E-state index contributed by atoms with van der Waals surface area (Å²) in [5, 5.41) is 2.69. The molecule has 1 fully saturated rings. The SMILES string of the molecule is NC1(C(=O)Nc2ccnc(Cl)n2)CC1. The van der Waals surface area contributed by atoms with Crippen LogP contribution in [0.15, 0.2) is 12.3 Å². The van der Waals surface area contributed by atoms with E-state index in [1.165, 1.54) is 6.20 Å². The number of nitrogens with two attached hydrogens (primary N) is 1. The average molecular weight is 213 g/mol. The zero-order chi connectivity index (χ0) is 10.2. The third-order valence-electron chi connectivity index (χ3n) is 2.11. The predicted molar refractivity (Wildman–Crippen MR) is 51.8 cm³/mol. The quantitative estimate of drug-likeness (QED) is 0.702. The molecule has 6 heteroatoms. The van der Waals surface area contributed by atoms with Crippen LogP contribution in [-0.4, -0.2) is 21.4 Å². The Balaban J connectivity index is 2.07. The highest BCUT2D eigenvalue weighted by molar-refractivity contribution is 6.28. The van der Waals surface area contributed by atoms with Gasteiger partial charge >= 0.3 is 0 Å². The summed E-state index contributed by atoms with van der Waals surface area (Å²) >= 11 is 5.55. The maximum Gasteiger partial charge on any atom is 0.245 e. The minimum Gasteiger partial charge on any atom is -0.317 e. The van der Waals surface area contributed by atoms with Crippen LogP contribution in [0.3, 0.4) is 0 Å². The van der Waals surface area contributed by atoms with Crippen LogP contribution in [-0.2, 0) is 4.79 Å². The van der Waals surface area contributed by atoms with Crippen LogP contribution in [0.25, 0.3) is 0 Å². The van der Waals surface area contributed by atoms with Crippen molar-refractivity contribution in [3.63, 3.8) is 0 Å². The lowest BCUT2D eigenvalue weighted by atomic mass is 10.3. The average Bonchev–Trinajstić information content (AvgIpc) is 2.85. The van der Waals surface area contributed by atoms with Gasteiger partial charge in [0.05, 0.1) is 5.54 Å². The second-order valence-electron chi connectivity index (χ2n) is 3.32. The van der Waals surface area contributed by atoms with E-state index < -0.39 is 5.54 Å². The number of aromatic nitrogens is 2. The molecule has 0 radical (unpaired) electrons. The molecule has 5 nitrogen and oxygen atoms in total. The Hall–Kier alpha value is -1.20. The fraction of sp³-hybridized carbons (Fsp3) is 0.375. The van der Waals surface area contributed by atoms with Crippen molar-refractivity contribution in [3.8, 4) is 0 Å². The summed E-state index contributed by atoms with van der Waals surface area (Å²) in [6, 6.07) is 1.56. The van der Waals surface area contributed by atoms with Gasteiger partial charge in [-0.2, -0.15) is 0 Å². The van der Waals surface area contributed by atoms with Crippen LogP contribution in [0.1, 0.15) is 12.8 Å². The van der Waals surface area contributed by atoms with E-state index in [4.69, 9.17) is 17.3 Å². The van der Waals surface area contributed by atoms with E-state index in [9.17, 15) is 4.79 Å². The maximum absolute atomic E-state index is 11.5. The van der Waals surface area contributed by atoms with Crippen molar-refractivity contribution >= 4 is 23.3 Å². The largest absolute Gasteiger partial charge is 0.317 e. The number of nitrogens with zero attached hydrogens (tertiary/aromatic N) is 2. The molecular formula is C8H9ClN4O. The van der Waals surface area contributed by atoms with E-state index in [0.717, 1.165) is 12.8 Å². The van der Waals surface area contributed by atoms with Crippen LogP contribution in [0, 0.1) is 0 Å². The molecule has 14 heavy (non-hydrogen) atoms. The molecule has 0 atom stereocenters. The zero-order valence-corrected chi connectivity index (χ0v) is 8.08. The molecule has 1 amide bonds. The highest BCUT2D eigenvalue weighted by atomic mass is 35.5. The van der Waals surface area contributed by atoms with Gasteiger partial charge in [0.2, 0.25) is 11.2 Å². The van der Waals surface area contributed by atoms with E-state index in [-0.39, 0.29) is 11.2 Å². The van der Waals surface area contributed by atoms with Crippen LogP contribution in [0.5, 0.6) is 0 Å². The Kier molecular flexibility index (Phi) is 2.13. The number of nitrogens with one attached hydrogen (secondary N) is 1. The first-order valence-electron chi connectivity index (χ1n) is 4.19. The third-order valence-corrected chi connectivity index (χ3v) is 2.29. The van der Waals surface area contributed by atoms with Crippen LogP contribution in [0.4, 0.5) is 5.82 Å². The van der Waals surface area contributed by atoms with Gasteiger partial charge in [0.15, 0.2) is 0 Å². The number of rotatable bonds is 2. The summed E-state index contributed by atoms with van der Waals surface area (Å²) < 4.78 is 0. The van der Waals surface area contributed by atoms with Gasteiger partial charge in [-0.15, -0.1) is 0 Å². The lowest BCUT2D eigenvalue weighted by Crippen LogP contribution is -2.38. The molecule has 1 heterocycles. The number of halogens is 1. The minimum atomic E-state index is -0.697. The Bertz CT molecular complexity index is 377. The molecule has 0 aromatic carbocycles. The van der Waals surface area contributed by atoms with Crippen molar-refractivity contribution in [2.24, 2.45) is 5.73 Å². The van der Waals surface area contributed by atoms with Gasteiger partial charge in [-0.1, -0.05) is 0 Å². The molecular weight excluding hydrogens is 204 g/mol. The molecule has 0 spiro atoms. The molecule has 0 bridgehead atoms. The Labute approximate surface area is 85.7 Å². The van der Waals surface area contributed by atoms with Crippen molar-refractivity contribution in [1.29, 1.82) is 0 Å². The standard InChI is InChI=1S/C8H9ClN4O/c9-7-11-4-1-5(13-7)12-6(14)8(10)2-3-8/h1,4H,2-3,10H2,(H,11,12,13,14). The number of anilines is 1. The Morgan fingerprint density at radius 3 is 2.93 bits per heavy atom. The number of hydrogen-bond acceptors (Lipinski definition) is 4. The van der Waals surface area contributed by atoms with Crippen molar-refractivity contribution < 1.29 is 4.79 Å². The van der Waals surface area contributed by atoms with Gasteiger partial charge in [-0.3, -0.25) is 4.79 Å². The Morgan fingerprint density at radius 2 is 2.36 bits per heavy atom. The molecule has 0 saturated heterocycles. The summed E-state index contributed by atoms with van der Waals surface area (Å²) in [4.78, 5) is 19.0. The lowest BCUT2D eigenvalue weighted by molar-refractivity contribution is -0.118. The summed E-state index contributed by atoms with van der Waals surface area (Å²) in [5.41, 5.74) is 4.99. The number of hydrogen-bond donors (Lipinski definition) is 2. The fourth-order valence-corrected chi connectivity index (χ4v) is 1.15. The molecule has 3 N–H and O–H groups in total. The van der Waals surface area contributed by atoms with Gasteiger partial charge in [0.1, 0.15) is 5.82 Å². The van der Waals surface area contributed by atoms with Crippen LogP contribution in [0.2, 0.25) is 5.28 Å². The van der Waals surface area contributed by atoms with Gasteiger partial charge in [0.25, 0.3) is 0 Å². The molecule has 0 aliphatic heterocycles. The highest BCUT2D eigenvalue weighted by Gasteiger charge is 2.46. The van der Waals surface area contributed by atoms with Crippen molar-refractivity contribution in [3.05, 3.63) is 17.5 Å². The van der Waals surface area contributed by atoms with Crippen molar-refractivity contribution in [2.45, 2.75) is 18.4 Å². The fourth-order valence-electron chi connectivity index (χ4n) is 1.01. The minimum absolute atomic E-state index is 0.102.